The van der Waals surface area contributed by atoms with Crippen LogP contribution in [-0.4, -0.2) is 12.9 Å². The van der Waals surface area contributed by atoms with E-state index in [1.165, 1.54) is 11.1 Å². The molecule has 0 radical (unpaired) electrons. The highest BCUT2D eigenvalue weighted by atomic mass is 16.5. The van der Waals surface area contributed by atoms with Crippen LogP contribution >= 0.6 is 0 Å². The van der Waals surface area contributed by atoms with Crippen molar-refractivity contribution in [3.63, 3.8) is 0 Å². The van der Waals surface area contributed by atoms with Gasteiger partial charge < -0.3 is 4.74 Å². The lowest BCUT2D eigenvalue weighted by atomic mass is 10.1. The van der Waals surface area contributed by atoms with Crippen molar-refractivity contribution < 1.29 is 9.53 Å². The van der Waals surface area contributed by atoms with E-state index in [-0.39, 0.29) is 0 Å². The molecule has 0 fully saturated rings. The quantitative estimate of drug-likeness (QED) is 0.304. The first kappa shape index (κ1) is 15.4. The fourth-order valence-electron chi connectivity index (χ4n) is 1.63. The Morgan fingerprint density at radius 2 is 1.89 bits per heavy atom. The molecule has 0 spiro atoms. The van der Waals surface area contributed by atoms with E-state index in [0.29, 0.717) is 13.2 Å². The predicted octanol–water partition coefficient (Wildman–Crippen LogP) is 4.07. The molecule has 0 aliphatic carbocycles. The lowest BCUT2D eigenvalue weighted by Gasteiger charge is -2.03. The van der Waals surface area contributed by atoms with Crippen LogP contribution in [-0.2, 0) is 16.1 Å². The summed E-state index contributed by atoms with van der Waals surface area (Å²) >= 11 is 0. The van der Waals surface area contributed by atoms with Gasteiger partial charge >= 0.3 is 0 Å². The molecule has 0 aliphatic heterocycles. The van der Waals surface area contributed by atoms with Crippen molar-refractivity contribution in [1.82, 2.24) is 0 Å². The van der Waals surface area contributed by atoms with Crippen LogP contribution in [0.5, 0.6) is 0 Å². The third-order valence-electron chi connectivity index (χ3n) is 2.85. The molecule has 0 aliphatic rings. The maximum absolute atomic E-state index is 10.4. The normalized spacial score (nSPS) is 12.5. The zero-order valence-corrected chi connectivity index (χ0v) is 11.8. The Morgan fingerprint density at radius 3 is 2.58 bits per heavy atom. The Balaban J connectivity index is 2.19. The van der Waals surface area contributed by atoms with E-state index in [1.807, 2.05) is 31.2 Å². The lowest BCUT2D eigenvalue weighted by Crippen LogP contribution is -1.93. The van der Waals surface area contributed by atoms with Gasteiger partial charge in [-0.05, 0) is 37.8 Å². The first-order chi connectivity index (χ1) is 9.22. The molecule has 0 bridgehead atoms. The monoisotopic (exact) mass is 258 g/mol. The van der Waals surface area contributed by atoms with Crippen molar-refractivity contribution in [1.29, 1.82) is 0 Å². The average molecular weight is 258 g/mol. The van der Waals surface area contributed by atoms with Gasteiger partial charge in [0, 0.05) is 0 Å². The van der Waals surface area contributed by atoms with Crippen LogP contribution in [0.1, 0.15) is 32.3 Å². The number of hydrogen-bond acceptors (Lipinski definition) is 2. The molecular weight excluding hydrogens is 236 g/mol. The summed E-state index contributed by atoms with van der Waals surface area (Å²) in [7, 11) is 0. The minimum absolute atomic E-state index is 0.636. The number of hydrogen-bond donors (Lipinski definition) is 0. The molecule has 0 unspecified atom stereocenters. The molecule has 0 atom stereocenters. The molecule has 2 nitrogen and oxygen atoms in total. The summed E-state index contributed by atoms with van der Waals surface area (Å²) in [5.74, 6) is 0. The Morgan fingerprint density at radius 1 is 1.16 bits per heavy atom. The number of carbonyl (C=O) groups excluding carboxylic acids is 1. The summed E-state index contributed by atoms with van der Waals surface area (Å²) in [5.41, 5.74) is 3.29. The minimum Gasteiger partial charge on any atom is -0.373 e. The van der Waals surface area contributed by atoms with Gasteiger partial charge in [-0.3, -0.25) is 4.79 Å². The van der Waals surface area contributed by atoms with Gasteiger partial charge in [0.15, 0.2) is 0 Å². The van der Waals surface area contributed by atoms with Gasteiger partial charge in [-0.25, -0.2) is 0 Å². The molecule has 0 amide bonds. The van der Waals surface area contributed by atoms with Crippen molar-refractivity contribution >= 4 is 6.29 Å². The molecule has 1 rings (SSSR count). The van der Waals surface area contributed by atoms with Gasteiger partial charge in [-0.2, -0.15) is 0 Å². The van der Waals surface area contributed by atoms with Gasteiger partial charge in [0.05, 0.1) is 13.2 Å². The Labute approximate surface area is 115 Å². The molecule has 2 heteroatoms. The first-order valence-electron chi connectivity index (χ1n) is 6.61. The second-order valence-corrected chi connectivity index (χ2v) is 4.66. The van der Waals surface area contributed by atoms with E-state index in [0.717, 1.165) is 24.7 Å². The van der Waals surface area contributed by atoms with Crippen molar-refractivity contribution in [2.75, 3.05) is 6.61 Å². The molecule has 0 saturated carbocycles. The molecule has 102 valence electrons. The largest absolute Gasteiger partial charge is 0.373 e. The summed E-state index contributed by atoms with van der Waals surface area (Å²) in [6, 6.07) is 10.2. The summed E-state index contributed by atoms with van der Waals surface area (Å²) in [4.78, 5) is 10.4. The maximum atomic E-state index is 10.4. The molecule has 19 heavy (non-hydrogen) atoms. The number of carbonyl (C=O) groups is 1. The van der Waals surface area contributed by atoms with Crippen LogP contribution in [0.25, 0.3) is 0 Å². The highest BCUT2D eigenvalue weighted by molar-refractivity contribution is 5.71. The van der Waals surface area contributed by atoms with Gasteiger partial charge in [-0.15, -0.1) is 0 Å². The van der Waals surface area contributed by atoms with Crippen molar-refractivity contribution in [2.24, 2.45) is 0 Å². The van der Waals surface area contributed by atoms with E-state index < -0.39 is 0 Å². The smallest absolute Gasteiger partial charge is 0.145 e. The molecule has 0 aromatic heterocycles. The summed E-state index contributed by atoms with van der Waals surface area (Å²) in [6.45, 7) is 5.21. The second-order valence-electron chi connectivity index (χ2n) is 4.66. The maximum Gasteiger partial charge on any atom is 0.145 e. The van der Waals surface area contributed by atoms with Gasteiger partial charge in [0.2, 0.25) is 0 Å². The summed E-state index contributed by atoms with van der Waals surface area (Å²) < 4.78 is 5.59. The molecular formula is C17H22O2. The van der Waals surface area contributed by atoms with E-state index >= 15 is 0 Å². The predicted molar refractivity (Wildman–Crippen MR) is 78.9 cm³/mol. The van der Waals surface area contributed by atoms with Crippen molar-refractivity contribution in [3.8, 4) is 0 Å². The Hall–Kier alpha value is -1.67. The zero-order chi connectivity index (χ0) is 13.9. The Bertz CT molecular complexity index is 430. The topological polar surface area (TPSA) is 26.3 Å². The van der Waals surface area contributed by atoms with Gasteiger partial charge in [0.1, 0.15) is 6.29 Å². The van der Waals surface area contributed by atoms with E-state index in [9.17, 15) is 4.79 Å². The van der Waals surface area contributed by atoms with Crippen molar-refractivity contribution in [2.45, 2.75) is 33.3 Å². The van der Waals surface area contributed by atoms with Crippen LogP contribution in [0, 0.1) is 0 Å². The SMILES string of the molecule is CC(C=O)=CCCC(C)=CCOCc1ccccc1. The Kier molecular flexibility index (Phi) is 7.52. The molecule has 0 saturated heterocycles. The fraction of sp³-hybridized carbons (Fsp3) is 0.353. The van der Waals surface area contributed by atoms with Gasteiger partial charge in [0.25, 0.3) is 0 Å². The van der Waals surface area contributed by atoms with Crippen molar-refractivity contribution in [3.05, 3.63) is 59.2 Å². The number of allylic oxidation sites excluding steroid dienone is 3. The number of ether oxygens (including phenoxy) is 1. The zero-order valence-electron chi connectivity index (χ0n) is 11.8. The van der Waals surface area contributed by atoms with Crippen LogP contribution in [0.3, 0.4) is 0 Å². The standard InChI is InChI=1S/C17H22O2/c1-15(7-6-8-16(2)13-18)11-12-19-14-17-9-4-3-5-10-17/h3-5,8-11,13H,6-7,12,14H2,1-2H3. The molecule has 0 heterocycles. The van der Waals surface area contributed by atoms with Crippen LogP contribution in [0.4, 0.5) is 0 Å². The lowest BCUT2D eigenvalue weighted by molar-refractivity contribution is -0.104. The van der Waals surface area contributed by atoms with E-state index in [2.05, 4.69) is 25.1 Å². The second kappa shape index (κ2) is 9.29. The molecule has 1 aromatic rings. The molecule has 0 N–H and O–H groups in total. The van der Waals surface area contributed by atoms with E-state index in [4.69, 9.17) is 4.74 Å². The van der Waals surface area contributed by atoms with Crippen LogP contribution in [0.15, 0.2) is 53.6 Å². The summed E-state index contributed by atoms with van der Waals surface area (Å²) in [5, 5.41) is 0. The molecule has 1 aromatic carbocycles. The number of rotatable bonds is 8. The van der Waals surface area contributed by atoms with E-state index in [1.54, 1.807) is 0 Å². The third-order valence-corrected chi connectivity index (χ3v) is 2.85. The highest BCUT2D eigenvalue weighted by Crippen LogP contribution is 2.07. The number of benzene rings is 1. The fourth-order valence-corrected chi connectivity index (χ4v) is 1.63. The first-order valence-corrected chi connectivity index (χ1v) is 6.61. The van der Waals surface area contributed by atoms with Crippen LogP contribution < -0.4 is 0 Å². The minimum atomic E-state index is 0.636. The summed E-state index contributed by atoms with van der Waals surface area (Å²) in [6.07, 6.45) is 6.84. The number of aldehydes is 1. The van der Waals surface area contributed by atoms with Crippen LogP contribution in [0.2, 0.25) is 0 Å². The third kappa shape index (κ3) is 7.37. The average Bonchev–Trinajstić information content (AvgIpc) is 2.44. The highest BCUT2D eigenvalue weighted by Gasteiger charge is 1.92. The van der Waals surface area contributed by atoms with Gasteiger partial charge in [-0.1, -0.05) is 48.1 Å².